The minimum Gasteiger partial charge on any atom is -0.364 e. The Bertz CT molecular complexity index is 184. The summed E-state index contributed by atoms with van der Waals surface area (Å²) in [6, 6.07) is 4.13. The molecule has 0 aliphatic carbocycles. The second kappa shape index (κ2) is 6.14. The molecule has 1 heterocycles. The Morgan fingerprint density at radius 1 is 1.58 bits per heavy atom. The molecule has 0 aromatic carbocycles. The summed E-state index contributed by atoms with van der Waals surface area (Å²) in [5.41, 5.74) is 1.26. The molecule has 68 valence electrons. The zero-order chi connectivity index (χ0) is 8.65. The van der Waals surface area contributed by atoms with E-state index in [9.17, 15) is 0 Å². The zero-order valence-electron chi connectivity index (χ0n) is 7.47. The van der Waals surface area contributed by atoms with Crippen LogP contribution in [0.4, 0.5) is 0 Å². The van der Waals surface area contributed by atoms with Crippen LogP contribution in [0.15, 0.2) is 18.3 Å². The Kier molecular flexibility index (Phi) is 4.95. The first kappa shape index (κ1) is 9.68. The number of nitrogens with one attached hydrogen (secondary N) is 2. The summed E-state index contributed by atoms with van der Waals surface area (Å²) in [7, 11) is 0. The highest BCUT2D eigenvalue weighted by Gasteiger charge is 1.90. The van der Waals surface area contributed by atoms with Crippen molar-refractivity contribution in [3.63, 3.8) is 0 Å². The Hall–Kier alpha value is -0.410. The van der Waals surface area contributed by atoms with Gasteiger partial charge in [-0.15, -0.1) is 0 Å². The van der Waals surface area contributed by atoms with Crippen LogP contribution in [-0.4, -0.2) is 23.5 Å². The SMILES string of the molecule is CSCCCNCc1ccc[nH]1. The Balaban J connectivity index is 1.96. The predicted octanol–water partition coefficient (Wildman–Crippen LogP) is 1.86. The van der Waals surface area contributed by atoms with Crippen molar-refractivity contribution in [2.45, 2.75) is 13.0 Å². The lowest BCUT2D eigenvalue weighted by atomic mass is 10.4. The molecule has 1 aromatic rings. The van der Waals surface area contributed by atoms with Crippen LogP contribution in [0.3, 0.4) is 0 Å². The molecule has 3 heteroatoms. The standard InChI is InChI=1S/C9H16N2S/c1-12-7-3-5-10-8-9-4-2-6-11-9/h2,4,6,10-11H,3,5,7-8H2,1H3. The maximum Gasteiger partial charge on any atom is 0.0357 e. The van der Waals surface area contributed by atoms with Crippen LogP contribution < -0.4 is 5.32 Å². The monoisotopic (exact) mass is 184 g/mol. The summed E-state index contributed by atoms with van der Waals surface area (Å²) in [6.45, 7) is 2.07. The van der Waals surface area contributed by atoms with Crippen LogP contribution in [0.2, 0.25) is 0 Å². The molecule has 0 unspecified atom stereocenters. The summed E-state index contributed by atoms with van der Waals surface area (Å²) in [6.07, 6.45) is 5.35. The zero-order valence-corrected chi connectivity index (χ0v) is 8.29. The molecule has 0 atom stereocenters. The Morgan fingerprint density at radius 2 is 2.50 bits per heavy atom. The van der Waals surface area contributed by atoms with Crippen molar-refractivity contribution in [1.82, 2.24) is 10.3 Å². The summed E-state index contributed by atoms with van der Waals surface area (Å²) in [4.78, 5) is 3.16. The fourth-order valence-corrected chi connectivity index (χ4v) is 1.48. The van der Waals surface area contributed by atoms with Crippen LogP contribution in [0, 0.1) is 0 Å². The predicted molar refractivity (Wildman–Crippen MR) is 55.5 cm³/mol. The molecular formula is C9H16N2S. The van der Waals surface area contributed by atoms with E-state index in [1.54, 1.807) is 0 Å². The van der Waals surface area contributed by atoms with Crippen LogP contribution in [0.5, 0.6) is 0 Å². The van der Waals surface area contributed by atoms with E-state index in [0.717, 1.165) is 13.1 Å². The highest BCUT2D eigenvalue weighted by atomic mass is 32.2. The van der Waals surface area contributed by atoms with Crippen LogP contribution >= 0.6 is 11.8 Å². The maximum absolute atomic E-state index is 3.38. The third kappa shape index (κ3) is 3.83. The number of hydrogen-bond acceptors (Lipinski definition) is 2. The van der Waals surface area contributed by atoms with Crippen molar-refractivity contribution in [1.29, 1.82) is 0 Å². The van der Waals surface area contributed by atoms with Crippen molar-refractivity contribution in [2.24, 2.45) is 0 Å². The molecule has 0 aliphatic heterocycles. The lowest BCUT2D eigenvalue weighted by Gasteiger charge is -2.01. The van der Waals surface area contributed by atoms with Gasteiger partial charge in [-0.05, 0) is 37.1 Å². The van der Waals surface area contributed by atoms with E-state index in [1.165, 1.54) is 17.9 Å². The van der Waals surface area contributed by atoms with Crippen LogP contribution in [0.25, 0.3) is 0 Å². The highest BCUT2D eigenvalue weighted by Crippen LogP contribution is 1.95. The molecule has 1 rings (SSSR count). The molecule has 2 N–H and O–H groups in total. The highest BCUT2D eigenvalue weighted by molar-refractivity contribution is 7.98. The van der Waals surface area contributed by atoms with Gasteiger partial charge >= 0.3 is 0 Å². The first-order valence-corrected chi connectivity index (χ1v) is 5.65. The second-order valence-electron chi connectivity index (χ2n) is 2.72. The van der Waals surface area contributed by atoms with Gasteiger partial charge in [0.15, 0.2) is 0 Å². The number of thioether (sulfide) groups is 1. The van der Waals surface area contributed by atoms with Gasteiger partial charge in [0.2, 0.25) is 0 Å². The molecular weight excluding hydrogens is 168 g/mol. The molecule has 0 aliphatic rings. The number of hydrogen-bond donors (Lipinski definition) is 2. The quantitative estimate of drug-likeness (QED) is 0.660. The minimum atomic E-state index is 0.960. The average Bonchev–Trinajstić information content (AvgIpc) is 2.57. The van der Waals surface area contributed by atoms with E-state index in [-0.39, 0.29) is 0 Å². The number of H-pyrrole nitrogens is 1. The number of rotatable bonds is 6. The van der Waals surface area contributed by atoms with E-state index in [1.807, 2.05) is 24.0 Å². The number of aromatic amines is 1. The van der Waals surface area contributed by atoms with E-state index in [4.69, 9.17) is 0 Å². The van der Waals surface area contributed by atoms with Crippen molar-refractivity contribution >= 4 is 11.8 Å². The van der Waals surface area contributed by atoms with E-state index >= 15 is 0 Å². The van der Waals surface area contributed by atoms with Gasteiger partial charge in [0.05, 0.1) is 0 Å². The topological polar surface area (TPSA) is 27.8 Å². The Labute approximate surface area is 78.1 Å². The van der Waals surface area contributed by atoms with E-state index in [2.05, 4.69) is 22.6 Å². The largest absolute Gasteiger partial charge is 0.364 e. The third-order valence-electron chi connectivity index (χ3n) is 1.68. The summed E-state index contributed by atoms with van der Waals surface area (Å²) >= 11 is 1.90. The number of aromatic nitrogens is 1. The molecule has 0 saturated carbocycles. The van der Waals surface area contributed by atoms with E-state index in [0.29, 0.717) is 0 Å². The maximum atomic E-state index is 3.38. The molecule has 0 bridgehead atoms. The van der Waals surface area contributed by atoms with Gasteiger partial charge in [-0.2, -0.15) is 11.8 Å². The normalized spacial score (nSPS) is 10.4. The van der Waals surface area contributed by atoms with Gasteiger partial charge < -0.3 is 10.3 Å². The fourth-order valence-electron chi connectivity index (χ4n) is 1.04. The minimum absolute atomic E-state index is 0.960. The van der Waals surface area contributed by atoms with Gasteiger partial charge in [0, 0.05) is 18.4 Å². The molecule has 1 aromatic heterocycles. The third-order valence-corrected chi connectivity index (χ3v) is 2.38. The molecule has 0 radical (unpaired) electrons. The lowest BCUT2D eigenvalue weighted by molar-refractivity contribution is 0.670. The van der Waals surface area contributed by atoms with Crippen molar-refractivity contribution in [3.05, 3.63) is 24.0 Å². The average molecular weight is 184 g/mol. The summed E-state index contributed by atoms with van der Waals surface area (Å²) < 4.78 is 0. The molecule has 0 saturated heterocycles. The van der Waals surface area contributed by atoms with Crippen molar-refractivity contribution < 1.29 is 0 Å². The van der Waals surface area contributed by atoms with Crippen LogP contribution in [0.1, 0.15) is 12.1 Å². The molecule has 12 heavy (non-hydrogen) atoms. The first-order valence-electron chi connectivity index (χ1n) is 4.25. The van der Waals surface area contributed by atoms with Gasteiger partial charge in [0.1, 0.15) is 0 Å². The molecule has 0 amide bonds. The van der Waals surface area contributed by atoms with Gasteiger partial charge in [0.25, 0.3) is 0 Å². The van der Waals surface area contributed by atoms with Gasteiger partial charge in [-0.3, -0.25) is 0 Å². The van der Waals surface area contributed by atoms with Crippen LogP contribution in [-0.2, 0) is 6.54 Å². The van der Waals surface area contributed by atoms with Crippen molar-refractivity contribution in [3.8, 4) is 0 Å². The van der Waals surface area contributed by atoms with E-state index < -0.39 is 0 Å². The smallest absolute Gasteiger partial charge is 0.0357 e. The Morgan fingerprint density at radius 3 is 3.17 bits per heavy atom. The molecule has 0 fully saturated rings. The summed E-state index contributed by atoms with van der Waals surface area (Å²) in [5.74, 6) is 1.25. The summed E-state index contributed by atoms with van der Waals surface area (Å²) in [5, 5.41) is 3.38. The first-order chi connectivity index (χ1) is 5.93. The molecule has 2 nitrogen and oxygen atoms in total. The van der Waals surface area contributed by atoms with Crippen molar-refractivity contribution in [2.75, 3.05) is 18.6 Å². The lowest BCUT2D eigenvalue weighted by Crippen LogP contribution is -2.15. The second-order valence-corrected chi connectivity index (χ2v) is 3.70. The fraction of sp³-hybridized carbons (Fsp3) is 0.556. The van der Waals surface area contributed by atoms with Gasteiger partial charge in [-0.1, -0.05) is 0 Å². The van der Waals surface area contributed by atoms with Gasteiger partial charge in [-0.25, -0.2) is 0 Å². The molecule has 0 spiro atoms.